The average Bonchev–Trinajstić information content (AvgIpc) is 2.95. The van der Waals surface area contributed by atoms with Crippen molar-refractivity contribution in [2.24, 2.45) is 5.92 Å². The van der Waals surface area contributed by atoms with E-state index in [9.17, 15) is 14.0 Å². The molecule has 0 spiro atoms. The van der Waals surface area contributed by atoms with Crippen LogP contribution < -0.4 is 29.2 Å². The Bertz CT molecular complexity index is 1250. The van der Waals surface area contributed by atoms with E-state index in [4.69, 9.17) is 18.9 Å². The third-order valence-corrected chi connectivity index (χ3v) is 6.70. The first-order valence-corrected chi connectivity index (χ1v) is 12.2. The smallest absolute Gasteiger partial charge is 0.227 e. The molecule has 3 aromatic rings. The van der Waals surface area contributed by atoms with Crippen LogP contribution in [0.1, 0.15) is 30.0 Å². The van der Waals surface area contributed by atoms with Crippen molar-refractivity contribution in [1.29, 1.82) is 0 Å². The van der Waals surface area contributed by atoms with Crippen LogP contribution in [0.5, 0.6) is 23.0 Å². The van der Waals surface area contributed by atoms with Crippen molar-refractivity contribution in [3.05, 3.63) is 77.6 Å². The van der Waals surface area contributed by atoms with E-state index < -0.39 is 12.0 Å². The van der Waals surface area contributed by atoms with Gasteiger partial charge in [0.1, 0.15) is 11.6 Å². The molecule has 8 nitrogen and oxygen atoms in total. The van der Waals surface area contributed by atoms with E-state index in [2.05, 4.69) is 5.32 Å². The Morgan fingerprint density at radius 1 is 0.921 bits per heavy atom. The lowest BCUT2D eigenvalue weighted by Gasteiger charge is -2.41. The van der Waals surface area contributed by atoms with Crippen LogP contribution in [0.3, 0.4) is 0 Å². The van der Waals surface area contributed by atoms with Gasteiger partial charge in [0.2, 0.25) is 17.6 Å². The number of piperidine rings is 1. The average molecular weight is 523 g/mol. The van der Waals surface area contributed by atoms with Crippen LogP contribution in [-0.4, -0.2) is 40.3 Å². The molecule has 1 fully saturated rings. The Hall–Kier alpha value is -4.27. The van der Waals surface area contributed by atoms with Gasteiger partial charge in [-0.1, -0.05) is 24.3 Å². The zero-order valence-electron chi connectivity index (χ0n) is 21.8. The van der Waals surface area contributed by atoms with Gasteiger partial charge in [-0.2, -0.15) is 0 Å². The first-order valence-electron chi connectivity index (χ1n) is 12.2. The van der Waals surface area contributed by atoms with Gasteiger partial charge in [0.25, 0.3) is 0 Å². The predicted octanol–water partition coefficient (Wildman–Crippen LogP) is 4.66. The summed E-state index contributed by atoms with van der Waals surface area (Å²) in [4.78, 5) is 28.6. The highest BCUT2D eigenvalue weighted by Gasteiger charge is 2.42. The third-order valence-electron chi connectivity index (χ3n) is 6.70. The van der Waals surface area contributed by atoms with Crippen LogP contribution in [0.25, 0.3) is 0 Å². The standard InChI is InChI=1S/C29H31FN2O6/c1-35-22-11-7-19(8-12-22)27-23(29(34)31-17-18-5-9-20(30)10-6-18)13-14-26(33)32(27)21-15-24(36-2)28(38-4)25(16-21)37-3/h5-12,15-16,23,27H,13-14,17H2,1-4H3,(H,31,34)/t23-,27-/m1/s1. The van der Waals surface area contributed by atoms with Gasteiger partial charge in [-0.05, 0) is 41.8 Å². The molecule has 2 atom stereocenters. The lowest BCUT2D eigenvalue weighted by molar-refractivity contribution is -0.129. The largest absolute Gasteiger partial charge is 0.497 e. The summed E-state index contributed by atoms with van der Waals surface area (Å²) in [5.74, 6) is 0.609. The molecular formula is C29H31FN2O6. The Balaban J connectivity index is 1.75. The van der Waals surface area contributed by atoms with Crippen molar-refractivity contribution < 1.29 is 32.9 Å². The molecule has 1 saturated heterocycles. The SMILES string of the molecule is COc1ccc([C@@H]2[C@H](C(=O)NCc3ccc(F)cc3)CCC(=O)N2c2cc(OC)c(OC)c(OC)c2)cc1. The van der Waals surface area contributed by atoms with Crippen molar-refractivity contribution in [3.63, 3.8) is 0 Å². The molecule has 1 aliphatic rings. The van der Waals surface area contributed by atoms with Gasteiger partial charge in [0.05, 0.1) is 46.1 Å². The number of rotatable bonds is 9. The molecule has 4 rings (SSSR count). The van der Waals surface area contributed by atoms with Crippen molar-refractivity contribution in [3.8, 4) is 23.0 Å². The lowest BCUT2D eigenvalue weighted by atomic mass is 9.83. The summed E-state index contributed by atoms with van der Waals surface area (Å²) < 4.78 is 35.1. The first-order chi connectivity index (χ1) is 18.4. The maximum absolute atomic E-state index is 13.6. The second-order valence-corrected chi connectivity index (χ2v) is 8.85. The predicted molar refractivity (Wildman–Crippen MR) is 140 cm³/mol. The van der Waals surface area contributed by atoms with Crippen LogP contribution in [0.2, 0.25) is 0 Å². The second kappa shape index (κ2) is 11.9. The van der Waals surface area contributed by atoms with Gasteiger partial charge >= 0.3 is 0 Å². The number of carbonyl (C=O) groups excluding carboxylic acids is 2. The third kappa shape index (κ3) is 5.51. The van der Waals surface area contributed by atoms with Crippen LogP contribution in [0.4, 0.5) is 10.1 Å². The number of benzene rings is 3. The molecule has 0 bridgehead atoms. The van der Waals surface area contributed by atoms with Gasteiger partial charge in [-0.15, -0.1) is 0 Å². The van der Waals surface area contributed by atoms with Gasteiger partial charge in [-0.3, -0.25) is 9.59 Å². The molecule has 3 aromatic carbocycles. The molecule has 0 saturated carbocycles. The van der Waals surface area contributed by atoms with E-state index >= 15 is 0 Å². The fourth-order valence-corrected chi connectivity index (χ4v) is 4.78. The maximum Gasteiger partial charge on any atom is 0.227 e. The summed E-state index contributed by atoms with van der Waals surface area (Å²) in [6, 6.07) is 16.1. The minimum absolute atomic E-state index is 0.136. The lowest BCUT2D eigenvalue weighted by Crippen LogP contribution is -2.48. The van der Waals surface area contributed by atoms with Gasteiger partial charge < -0.3 is 29.2 Å². The van der Waals surface area contributed by atoms with Crippen molar-refractivity contribution in [1.82, 2.24) is 5.32 Å². The van der Waals surface area contributed by atoms with Crippen LogP contribution in [0.15, 0.2) is 60.7 Å². The Labute approximate surface area is 221 Å². The summed E-state index contributed by atoms with van der Waals surface area (Å²) >= 11 is 0. The molecule has 1 heterocycles. The Morgan fingerprint density at radius 2 is 1.55 bits per heavy atom. The first kappa shape index (κ1) is 26.8. The monoisotopic (exact) mass is 522 g/mol. The molecule has 2 amide bonds. The van der Waals surface area contributed by atoms with Crippen molar-refractivity contribution in [2.75, 3.05) is 33.3 Å². The van der Waals surface area contributed by atoms with E-state index in [1.165, 1.54) is 33.5 Å². The molecule has 0 unspecified atom stereocenters. The molecule has 200 valence electrons. The summed E-state index contributed by atoms with van der Waals surface area (Å²) in [6.45, 7) is 0.239. The summed E-state index contributed by atoms with van der Waals surface area (Å²) in [6.07, 6.45) is 0.545. The summed E-state index contributed by atoms with van der Waals surface area (Å²) in [7, 11) is 6.10. The molecule has 0 aromatic heterocycles. The fraction of sp³-hybridized carbons (Fsp3) is 0.310. The Morgan fingerprint density at radius 3 is 2.11 bits per heavy atom. The second-order valence-electron chi connectivity index (χ2n) is 8.85. The zero-order valence-corrected chi connectivity index (χ0v) is 21.8. The number of amides is 2. The quantitative estimate of drug-likeness (QED) is 0.440. The minimum atomic E-state index is -0.613. The fourth-order valence-electron chi connectivity index (χ4n) is 4.78. The molecule has 9 heteroatoms. The number of ether oxygens (including phenoxy) is 4. The van der Waals surface area contributed by atoms with E-state index in [0.29, 0.717) is 35.1 Å². The highest BCUT2D eigenvalue weighted by molar-refractivity contribution is 5.98. The maximum atomic E-state index is 13.6. The molecular weight excluding hydrogens is 491 g/mol. The highest BCUT2D eigenvalue weighted by Crippen LogP contribution is 2.46. The number of hydrogen-bond donors (Lipinski definition) is 1. The van der Waals surface area contributed by atoms with Crippen LogP contribution in [-0.2, 0) is 16.1 Å². The number of carbonyl (C=O) groups is 2. The van der Waals surface area contributed by atoms with Gasteiger partial charge in [0, 0.05) is 25.1 Å². The molecule has 0 aliphatic carbocycles. The van der Waals surface area contributed by atoms with Crippen molar-refractivity contribution >= 4 is 17.5 Å². The molecule has 0 radical (unpaired) electrons. The molecule has 38 heavy (non-hydrogen) atoms. The number of anilines is 1. The van der Waals surface area contributed by atoms with E-state index in [-0.39, 0.29) is 30.6 Å². The topological polar surface area (TPSA) is 86.3 Å². The van der Waals surface area contributed by atoms with Gasteiger partial charge in [-0.25, -0.2) is 4.39 Å². The molecule has 1 aliphatic heterocycles. The number of nitrogens with zero attached hydrogens (tertiary/aromatic N) is 1. The number of nitrogens with one attached hydrogen (secondary N) is 1. The number of methoxy groups -OCH3 is 4. The summed E-state index contributed by atoms with van der Waals surface area (Å²) in [5, 5.41) is 2.97. The molecule has 1 N–H and O–H groups in total. The van der Waals surface area contributed by atoms with Crippen LogP contribution in [0, 0.1) is 11.7 Å². The summed E-state index contributed by atoms with van der Waals surface area (Å²) in [5.41, 5.74) is 2.06. The highest BCUT2D eigenvalue weighted by atomic mass is 19.1. The van der Waals surface area contributed by atoms with E-state index in [1.54, 1.807) is 48.4 Å². The normalized spacial score (nSPS) is 17.1. The zero-order chi connectivity index (χ0) is 27.2. The Kier molecular flexibility index (Phi) is 8.35. The van der Waals surface area contributed by atoms with Gasteiger partial charge in [0.15, 0.2) is 11.5 Å². The van der Waals surface area contributed by atoms with E-state index in [0.717, 1.165) is 11.1 Å². The number of halogens is 1. The number of hydrogen-bond acceptors (Lipinski definition) is 6. The van der Waals surface area contributed by atoms with Crippen LogP contribution >= 0.6 is 0 Å². The minimum Gasteiger partial charge on any atom is -0.497 e. The van der Waals surface area contributed by atoms with Crippen molar-refractivity contribution in [2.45, 2.75) is 25.4 Å². The van der Waals surface area contributed by atoms with E-state index in [1.807, 2.05) is 12.1 Å².